The van der Waals surface area contributed by atoms with Crippen LogP contribution in [0.15, 0.2) is 48.7 Å². The van der Waals surface area contributed by atoms with Crippen molar-refractivity contribution in [3.63, 3.8) is 0 Å². The highest BCUT2D eigenvalue weighted by Crippen LogP contribution is 2.28. The van der Waals surface area contributed by atoms with Crippen LogP contribution in [0.1, 0.15) is 39.7 Å². The SMILES string of the molecule is O=C(O)c1ccc2nc(CN3CCn4c(nc5c(Cc6ccc(Cl)cc6F)nccc54)C3)n(C[C@@H]3CCO3)c2c1. The monoisotopic (exact) mass is 560 g/mol. The highest BCUT2D eigenvalue weighted by Gasteiger charge is 2.26. The number of halogens is 2. The van der Waals surface area contributed by atoms with Gasteiger partial charge >= 0.3 is 5.97 Å². The molecule has 3 aromatic heterocycles. The first-order valence-electron chi connectivity index (χ1n) is 13.3. The van der Waals surface area contributed by atoms with Crippen LogP contribution in [0, 0.1) is 5.82 Å². The second kappa shape index (κ2) is 9.96. The molecular weight excluding hydrogens is 535 g/mol. The molecule has 0 saturated carbocycles. The number of ether oxygens (including phenoxy) is 1. The van der Waals surface area contributed by atoms with Gasteiger partial charge < -0.3 is 19.0 Å². The van der Waals surface area contributed by atoms with Gasteiger partial charge in [-0.15, -0.1) is 0 Å². The fraction of sp³-hybridized carbons (Fsp3) is 0.310. The minimum absolute atomic E-state index is 0.103. The molecule has 11 heteroatoms. The Morgan fingerprint density at radius 3 is 2.77 bits per heavy atom. The van der Waals surface area contributed by atoms with Crippen LogP contribution in [-0.4, -0.2) is 59.3 Å². The number of pyridine rings is 1. The number of fused-ring (bicyclic) bond motifs is 4. The van der Waals surface area contributed by atoms with Crippen molar-refractivity contribution in [1.29, 1.82) is 0 Å². The second-order valence-corrected chi connectivity index (χ2v) is 10.8. The minimum Gasteiger partial charge on any atom is -0.478 e. The van der Waals surface area contributed by atoms with Crippen molar-refractivity contribution in [2.45, 2.75) is 45.1 Å². The van der Waals surface area contributed by atoms with Gasteiger partial charge in [-0.2, -0.15) is 0 Å². The van der Waals surface area contributed by atoms with Gasteiger partial charge in [-0.25, -0.2) is 19.2 Å². The average Bonchev–Trinajstić information content (AvgIpc) is 3.45. The first-order valence-corrected chi connectivity index (χ1v) is 13.6. The summed E-state index contributed by atoms with van der Waals surface area (Å²) in [7, 11) is 0. The third-order valence-corrected chi connectivity index (χ3v) is 8.05. The average molecular weight is 561 g/mol. The molecule has 40 heavy (non-hydrogen) atoms. The second-order valence-electron chi connectivity index (χ2n) is 10.4. The number of carboxylic acids is 1. The van der Waals surface area contributed by atoms with E-state index in [9.17, 15) is 14.3 Å². The Balaban J connectivity index is 1.18. The lowest BCUT2D eigenvalue weighted by molar-refractivity contribution is -0.0592. The summed E-state index contributed by atoms with van der Waals surface area (Å²) in [5.74, 6) is 0.481. The van der Waals surface area contributed by atoms with Crippen molar-refractivity contribution >= 4 is 39.6 Å². The van der Waals surface area contributed by atoms with E-state index in [-0.39, 0.29) is 17.5 Å². The standard InChI is InChI=1S/C29H26ClFN6O3/c30-19-3-1-17(21(31)13-19)11-23-28-24(5-7-32-23)36-9-8-35(16-27(36)34-28)15-26-33-22-4-2-18(29(38)39)12-25(22)37(26)14-20-6-10-40-20/h1-5,7,12-13,20H,6,8-11,14-16H2,(H,38,39)/t20-/m0/s1. The van der Waals surface area contributed by atoms with E-state index in [4.69, 9.17) is 26.3 Å². The predicted molar refractivity (Wildman–Crippen MR) is 147 cm³/mol. The van der Waals surface area contributed by atoms with E-state index in [1.807, 2.05) is 6.07 Å². The Morgan fingerprint density at radius 2 is 2.00 bits per heavy atom. The quantitative estimate of drug-likeness (QED) is 0.309. The van der Waals surface area contributed by atoms with Gasteiger partial charge in [-0.1, -0.05) is 17.7 Å². The Hall–Kier alpha value is -3.86. The molecule has 0 spiro atoms. The van der Waals surface area contributed by atoms with Crippen LogP contribution < -0.4 is 0 Å². The molecule has 0 unspecified atom stereocenters. The van der Waals surface area contributed by atoms with E-state index >= 15 is 0 Å². The zero-order chi connectivity index (χ0) is 27.4. The van der Waals surface area contributed by atoms with E-state index in [1.165, 1.54) is 6.07 Å². The Bertz CT molecular complexity index is 1780. The third-order valence-electron chi connectivity index (χ3n) is 7.82. The first-order chi connectivity index (χ1) is 19.4. The van der Waals surface area contributed by atoms with Crippen LogP contribution >= 0.6 is 11.6 Å². The van der Waals surface area contributed by atoms with Crippen molar-refractivity contribution in [3.05, 3.63) is 88.0 Å². The van der Waals surface area contributed by atoms with Gasteiger partial charge in [-0.05, 0) is 48.4 Å². The summed E-state index contributed by atoms with van der Waals surface area (Å²) >= 11 is 5.93. The van der Waals surface area contributed by atoms with Gasteiger partial charge in [0.1, 0.15) is 23.0 Å². The number of carboxylic acid groups (broad SMARTS) is 1. The maximum atomic E-state index is 14.5. The number of aromatic nitrogens is 5. The number of aromatic carboxylic acids is 1. The number of nitrogens with zero attached hydrogens (tertiary/aromatic N) is 6. The van der Waals surface area contributed by atoms with Gasteiger partial charge in [0.15, 0.2) is 0 Å². The number of imidazole rings is 2. The minimum atomic E-state index is -0.960. The van der Waals surface area contributed by atoms with Gasteiger partial charge in [0.2, 0.25) is 0 Å². The molecule has 1 N–H and O–H groups in total. The molecule has 0 aliphatic carbocycles. The lowest BCUT2D eigenvalue weighted by Crippen LogP contribution is -2.35. The Kier molecular flexibility index (Phi) is 6.25. The summed E-state index contributed by atoms with van der Waals surface area (Å²) < 4.78 is 24.5. The van der Waals surface area contributed by atoms with Gasteiger partial charge in [0, 0.05) is 37.3 Å². The molecule has 2 aliphatic rings. The van der Waals surface area contributed by atoms with Crippen LogP contribution in [0.4, 0.5) is 4.39 Å². The fourth-order valence-electron chi connectivity index (χ4n) is 5.62. The first kappa shape index (κ1) is 25.1. The summed E-state index contributed by atoms with van der Waals surface area (Å²) in [6.07, 6.45) is 3.16. The number of carbonyl (C=O) groups is 1. The summed E-state index contributed by atoms with van der Waals surface area (Å²) in [5.41, 5.74) is 4.84. The Morgan fingerprint density at radius 1 is 1.12 bits per heavy atom. The van der Waals surface area contributed by atoms with E-state index in [0.717, 1.165) is 65.5 Å². The van der Waals surface area contributed by atoms with E-state index in [1.54, 1.807) is 36.5 Å². The van der Waals surface area contributed by atoms with E-state index in [0.29, 0.717) is 36.6 Å². The number of hydrogen-bond donors (Lipinski definition) is 1. The van der Waals surface area contributed by atoms with Crippen LogP contribution in [0.5, 0.6) is 0 Å². The smallest absolute Gasteiger partial charge is 0.335 e. The maximum Gasteiger partial charge on any atom is 0.335 e. The van der Waals surface area contributed by atoms with Crippen LogP contribution in [0.3, 0.4) is 0 Å². The zero-order valence-electron chi connectivity index (χ0n) is 21.6. The predicted octanol–water partition coefficient (Wildman–Crippen LogP) is 4.67. The summed E-state index contributed by atoms with van der Waals surface area (Å²) in [6, 6.07) is 11.7. The third kappa shape index (κ3) is 4.51. The molecule has 1 saturated heterocycles. The zero-order valence-corrected chi connectivity index (χ0v) is 22.3. The number of hydrogen-bond acceptors (Lipinski definition) is 6. The van der Waals surface area contributed by atoms with Crippen LogP contribution in [0.25, 0.3) is 22.1 Å². The lowest BCUT2D eigenvalue weighted by Gasteiger charge is -2.30. The van der Waals surface area contributed by atoms with E-state index in [2.05, 4.69) is 19.0 Å². The molecule has 2 aliphatic heterocycles. The summed E-state index contributed by atoms with van der Waals surface area (Å²) in [6.45, 7) is 4.14. The van der Waals surface area contributed by atoms with E-state index < -0.39 is 5.97 Å². The van der Waals surface area contributed by atoms with Crippen molar-refractivity contribution in [2.24, 2.45) is 0 Å². The van der Waals surface area contributed by atoms with Crippen molar-refractivity contribution in [3.8, 4) is 0 Å². The fourth-order valence-corrected chi connectivity index (χ4v) is 5.78. The maximum absolute atomic E-state index is 14.5. The molecule has 1 fully saturated rings. The molecule has 5 heterocycles. The number of rotatable bonds is 7. The molecule has 204 valence electrons. The largest absolute Gasteiger partial charge is 0.478 e. The van der Waals surface area contributed by atoms with Crippen molar-refractivity contribution < 1.29 is 19.0 Å². The molecule has 0 radical (unpaired) electrons. The molecule has 1 atom stereocenters. The molecular formula is C29H26ClFN6O3. The topological polar surface area (TPSA) is 98.3 Å². The molecule has 7 rings (SSSR count). The molecule has 2 aromatic carbocycles. The number of benzene rings is 2. The van der Waals surface area contributed by atoms with Crippen molar-refractivity contribution in [1.82, 2.24) is 29.0 Å². The highest BCUT2D eigenvalue weighted by molar-refractivity contribution is 6.30. The molecule has 0 amide bonds. The summed E-state index contributed by atoms with van der Waals surface area (Å²) in [4.78, 5) is 28.3. The van der Waals surface area contributed by atoms with Crippen LogP contribution in [-0.2, 0) is 37.3 Å². The molecule has 0 bridgehead atoms. The normalized spacial score (nSPS) is 17.3. The molecule has 9 nitrogen and oxygen atoms in total. The molecule has 5 aromatic rings. The summed E-state index contributed by atoms with van der Waals surface area (Å²) in [5, 5.41) is 9.88. The van der Waals surface area contributed by atoms with Gasteiger partial charge in [0.25, 0.3) is 0 Å². The van der Waals surface area contributed by atoms with Crippen molar-refractivity contribution in [2.75, 3.05) is 13.2 Å². The van der Waals surface area contributed by atoms with Gasteiger partial charge in [-0.3, -0.25) is 9.88 Å². The Labute approximate surface area is 233 Å². The highest BCUT2D eigenvalue weighted by atomic mass is 35.5. The van der Waals surface area contributed by atoms with Crippen LogP contribution in [0.2, 0.25) is 5.02 Å². The van der Waals surface area contributed by atoms with Gasteiger partial charge in [0.05, 0.1) is 53.5 Å². The lowest BCUT2D eigenvalue weighted by atomic mass is 10.1.